The second-order valence-corrected chi connectivity index (χ2v) is 4.23. The normalized spacial score (nSPS) is 11.4. The third-order valence-corrected chi connectivity index (χ3v) is 2.81. The number of hydrogen-bond donors (Lipinski definition) is 3. The number of para-hydroxylation sites is 1. The van der Waals surface area contributed by atoms with E-state index < -0.39 is 11.3 Å². The van der Waals surface area contributed by atoms with E-state index >= 15 is 0 Å². The van der Waals surface area contributed by atoms with Gasteiger partial charge in [0.05, 0.1) is 11.3 Å². The van der Waals surface area contributed by atoms with E-state index in [2.05, 4.69) is 10.1 Å². The van der Waals surface area contributed by atoms with Crippen LogP contribution >= 0.6 is 0 Å². The van der Waals surface area contributed by atoms with Crippen molar-refractivity contribution in [2.75, 3.05) is 0 Å². The molecule has 1 heterocycles. The van der Waals surface area contributed by atoms with E-state index in [9.17, 15) is 15.0 Å². The zero-order valence-electron chi connectivity index (χ0n) is 11.0. The Bertz CT molecular complexity index is 705. The summed E-state index contributed by atoms with van der Waals surface area (Å²) < 4.78 is 0. The Labute approximate surface area is 115 Å². The molecule has 0 atom stereocenters. The minimum Gasteiger partial charge on any atom is -0.503 e. The third-order valence-electron chi connectivity index (χ3n) is 2.81. The van der Waals surface area contributed by atoms with Gasteiger partial charge in [-0.25, -0.2) is 0 Å². The highest BCUT2D eigenvalue weighted by atomic mass is 16.6. The second kappa shape index (κ2) is 5.48. The Morgan fingerprint density at radius 2 is 1.90 bits per heavy atom. The van der Waals surface area contributed by atoms with E-state index in [-0.39, 0.29) is 17.0 Å². The Kier molecular flexibility index (Phi) is 3.74. The number of aromatic amines is 1. The lowest BCUT2D eigenvalue weighted by molar-refractivity contribution is 0.340. The summed E-state index contributed by atoms with van der Waals surface area (Å²) >= 11 is 0. The van der Waals surface area contributed by atoms with Gasteiger partial charge < -0.3 is 15.1 Å². The van der Waals surface area contributed by atoms with Crippen LogP contribution in [-0.4, -0.2) is 20.9 Å². The van der Waals surface area contributed by atoms with Crippen molar-refractivity contribution in [2.24, 2.45) is 5.16 Å². The lowest BCUT2D eigenvalue weighted by Gasteiger charge is -2.08. The molecule has 0 spiro atoms. The number of aromatic hydroxyl groups is 2. The van der Waals surface area contributed by atoms with E-state index in [0.717, 1.165) is 0 Å². The number of pyridine rings is 1. The van der Waals surface area contributed by atoms with Gasteiger partial charge in [0.15, 0.2) is 11.5 Å². The summed E-state index contributed by atoms with van der Waals surface area (Å²) in [4.78, 5) is 18.6. The molecule has 2 rings (SSSR count). The molecule has 0 saturated carbocycles. The zero-order valence-corrected chi connectivity index (χ0v) is 11.0. The second-order valence-electron chi connectivity index (χ2n) is 4.23. The predicted octanol–water partition coefficient (Wildman–Crippen LogP) is 1.90. The van der Waals surface area contributed by atoms with Crippen LogP contribution in [0.3, 0.4) is 0 Å². The Hall–Kier alpha value is -2.76. The fourth-order valence-electron chi connectivity index (χ4n) is 1.79. The summed E-state index contributed by atoms with van der Waals surface area (Å²) in [6.45, 7) is 3.11. The van der Waals surface area contributed by atoms with E-state index in [1.165, 1.54) is 6.92 Å². The summed E-state index contributed by atoms with van der Waals surface area (Å²) in [6.07, 6.45) is 0. The lowest BCUT2D eigenvalue weighted by atomic mass is 10.1. The fourth-order valence-corrected chi connectivity index (χ4v) is 1.79. The molecule has 3 N–H and O–H groups in total. The number of nitrogens with one attached hydrogen (secondary N) is 1. The third kappa shape index (κ3) is 2.64. The average Bonchev–Trinajstić information content (AvgIpc) is 2.44. The van der Waals surface area contributed by atoms with Gasteiger partial charge in [0, 0.05) is 5.56 Å². The highest BCUT2D eigenvalue weighted by molar-refractivity contribution is 6.02. The van der Waals surface area contributed by atoms with Gasteiger partial charge in [-0.05, 0) is 26.0 Å². The zero-order chi connectivity index (χ0) is 14.7. The molecule has 2 aromatic rings. The summed E-state index contributed by atoms with van der Waals surface area (Å²) in [6, 6.07) is 8.91. The first kappa shape index (κ1) is 13.7. The van der Waals surface area contributed by atoms with Crippen LogP contribution in [0.25, 0.3) is 0 Å². The van der Waals surface area contributed by atoms with E-state index in [4.69, 9.17) is 4.84 Å². The molecule has 0 unspecified atom stereocenters. The fraction of sp³-hybridized carbons (Fsp3) is 0.143. The minimum absolute atomic E-state index is 0.234. The van der Waals surface area contributed by atoms with Gasteiger partial charge in [-0.2, -0.15) is 0 Å². The van der Waals surface area contributed by atoms with Gasteiger partial charge in [0.2, 0.25) is 5.88 Å². The molecule has 0 bridgehead atoms. The Morgan fingerprint density at radius 1 is 1.25 bits per heavy atom. The van der Waals surface area contributed by atoms with Crippen molar-refractivity contribution in [3.05, 3.63) is 51.8 Å². The molecule has 104 valence electrons. The van der Waals surface area contributed by atoms with Crippen LogP contribution in [-0.2, 0) is 0 Å². The van der Waals surface area contributed by atoms with Crippen molar-refractivity contribution in [1.29, 1.82) is 0 Å². The van der Waals surface area contributed by atoms with Crippen LogP contribution in [0.2, 0.25) is 0 Å². The number of oxime groups is 1. The molecular formula is C14H14N2O4. The molecule has 0 aliphatic rings. The Morgan fingerprint density at radius 3 is 2.55 bits per heavy atom. The van der Waals surface area contributed by atoms with Gasteiger partial charge >= 0.3 is 0 Å². The van der Waals surface area contributed by atoms with Crippen molar-refractivity contribution < 1.29 is 15.1 Å². The molecule has 6 heteroatoms. The number of rotatable bonds is 3. The van der Waals surface area contributed by atoms with Gasteiger partial charge in [-0.15, -0.1) is 0 Å². The highest BCUT2D eigenvalue weighted by Gasteiger charge is 2.16. The summed E-state index contributed by atoms with van der Waals surface area (Å²) in [7, 11) is 0. The quantitative estimate of drug-likeness (QED) is 0.588. The molecule has 20 heavy (non-hydrogen) atoms. The summed E-state index contributed by atoms with van der Waals surface area (Å²) in [5.74, 6) is -0.270. The SMILES string of the molecule is CC(=NOc1ccccc1)c1c(O)[nH]c(=O)c(O)c1C. The first-order valence-corrected chi connectivity index (χ1v) is 5.92. The van der Waals surface area contributed by atoms with Crippen LogP contribution in [0, 0.1) is 6.92 Å². The lowest BCUT2D eigenvalue weighted by Crippen LogP contribution is -2.12. The minimum atomic E-state index is -0.750. The maximum atomic E-state index is 11.3. The highest BCUT2D eigenvalue weighted by Crippen LogP contribution is 2.23. The Balaban J connectivity index is 2.37. The smallest absolute Gasteiger partial charge is 0.293 e. The molecule has 6 nitrogen and oxygen atoms in total. The first-order chi connectivity index (χ1) is 9.50. The van der Waals surface area contributed by atoms with Crippen LogP contribution in [0.4, 0.5) is 0 Å². The number of aromatic nitrogens is 1. The van der Waals surface area contributed by atoms with Crippen LogP contribution in [0.5, 0.6) is 17.4 Å². The van der Waals surface area contributed by atoms with Crippen molar-refractivity contribution in [1.82, 2.24) is 4.98 Å². The average molecular weight is 274 g/mol. The van der Waals surface area contributed by atoms with Crippen molar-refractivity contribution in [3.8, 4) is 17.4 Å². The number of H-pyrrole nitrogens is 1. The van der Waals surface area contributed by atoms with Gasteiger partial charge in [0.1, 0.15) is 0 Å². The maximum absolute atomic E-state index is 11.3. The van der Waals surface area contributed by atoms with Crippen molar-refractivity contribution in [2.45, 2.75) is 13.8 Å². The topological polar surface area (TPSA) is 94.9 Å². The van der Waals surface area contributed by atoms with E-state index in [0.29, 0.717) is 11.5 Å². The van der Waals surface area contributed by atoms with Gasteiger partial charge in [0.25, 0.3) is 5.56 Å². The summed E-state index contributed by atoms with van der Waals surface area (Å²) in [5.41, 5.74) is 0.0538. The molecule has 1 aromatic carbocycles. The number of nitrogens with zero attached hydrogens (tertiary/aromatic N) is 1. The monoisotopic (exact) mass is 274 g/mol. The molecule has 0 radical (unpaired) electrons. The largest absolute Gasteiger partial charge is 0.503 e. The van der Waals surface area contributed by atoms with Crippen molar-refractivity contribution >= 4 is 5.71 Å². The molecule has 0 aliphatic heterocycles. The number of hydrogen-bond acceptors (Lipinski definition) is 5. The standard InChI is InChI=1S/C14H14N2O4/c1-8-11(13(18)15-14(19)12(8)17)9(2)16-20-10-6-4-3-5-7-10/h3-7,17H,1-2H3,(H2,15,18,19). The van der Waals surface area contributed by atoms with Gasteiger partial charge in [-0.3, -0.25) is 9.78 Å². The van der Waals surface area contributed by atoms with E-state index in [1.807, 2.05) is 6.07 Å². The first-order valence-electron chi connectivity index (χ1n) is 5.92. The molecule has 1 aromatic heterocycles. The molecule has 0 saturated heterocycles. The number of benzene rings is 1. The van der Waals surface area contributed by atoms with Crippen molar-refractivity contribution in [3.63, 3.8) is 0 Å². The molecule has 0 amide bonds. The van der Waals surface area contributed by atoms with E-state index in [1.54, 1.807) is 31.2 Å². The summed E-state index contributed by atoms with van der Waals surface area (Å²) in [5, 5.41) is 23.2. The maximum Gasteiger partial charge on any atom is 0.293 e. The molecule has 0 fully saturated rings. The molecular weight excluding hydrogens is 260 g/mol. The predicted molar refractivity (Wildman–Crippen MR) is 74.4 cm³/mol. The van der Waals surface area contributed by atoms with Gasteiger partial charge in [-0.1, -0.05) is 23.4 Å². The van der Waals surface area contributed by atoms with Crippen LogP contribution < -0.4 is 10.4 Å². The van der Waals surface area contributed by atoms with Crippen LogP contribution in [0.15, 0.2) is 40.3 Å². The molecule has 0 aliphatic carbocycles. The van der Waals surface area contributed by atoms with Crippen LogP contribution in [0.1, 0.15) is 18.1 Å².